The molecule has 0 aliphatic heterocycles. The number of aromatic nitrogens is 1. The van der Waals surface area contributed by atoms with Crippen LogP contribution < -0.4 is 0 Å². The molecule has 2 heterocycles. The summed E-state index contributed by atoms with van der Waals surface area (Å²) in [5.41, 5.74) is 1.71. The van der Waals surface area contributed by atoms with E-state index in [2.05, 4.69) is 4.98 Å². The Morgan fingerprint density at radius 2 is 2.50 bits per heavy atom. The number of furan rings is 1. The highest BCUT2D eigenvalue weighted by Crippen LogP contribution is 2.20. The number of nitrogens with zero attached hydrogens (tertiary/aromatic N) is 1. The van der Waals surface area contributed by atoms with Crippen molar-refractivity contribution in [2.75, 3.05) is 6.54 Å². The van der Waals surface area contributed by atoms with Gasteiger partial charge in [0.05, 0.1) is 17.5 Å². The van der Waals surface area contributed by atoms with Crippen LogP contribution in [0.5, 0.6) is 0 Å². The Hall–Kier alpha value is -1.82. The zero-order chi connectivity index (χ0) is 10.1. The Morgan fingerprint density at radius 3 is 3.14 bits per heavy atom. The second-order valence-electron chi connectivity index (χ2n) is 2.95. The van der Waals surface area contributed by atoms with Crippen LogP contribution in [0.25, 0.3) is 11.1 Å². The van der Waals surface area contributed by atoms with Gasteiger partial charge in [-0.2, -0.15) is 0 Å². The highest BCUT2D eigenvalue weighted by Gasteiger charge is 2.17. The number of H-pyrrole nitrogens is 1. The predicted octanol–water partition coefficient (Wildman–Crippen LogP) is 1.07. The molecule has 0 bridgehead atoms. The van der Waals surface area contributed by atoms with Crippen molar-refractivity contribution in [3.8, 4) is 0 Å². The molecule has 2 aromatic heterocycles. The van der Waals surface area contributed by atoms with E-state index in [0.29, 0.717) is 11.3 Å². The van der Waals surface area contributed by atoms with Gasteiger partial charge in [-0.15, -0.1) is 0 Å². The fourth-order valence-electron chi connectivity index (χ4n) is 1.29. The molecule has 0 radical (unpaired) electrons. The molecule has 2 N–H and O–H groups in total. The van der Waals surface area contributed by atoms with Gasteiger partial charge in [0, 0.05) is 17.1 Å². The molecule has 0 saturated carbocycles. The van der Waals surface area contributed by atoms with Gasteiger partial charge in [0.2, 0.25) is 6.54 Å². The molecule has 0 fully saturated rings. The van der Waals surface area contributed by atoms with Crippen LogP contribution in [0.15, 0.2) is 22.8 Å². The molecule has 14 heavy (non-hydrogen) atoms. The lowest BCUT2D eigenvalue weighted by molar-refractivity contribution is -0.491. The average Bonchev–Trinajstić information content (AvgIpc) is 2.58. The summed E-state index contributed by atoms with van der Waals surface area (Å²) in [6.07, 6.45) is 0.387. The molecule has 2 rings (SSSR count). The second kappa shape index (κ2) is 3.15. The van der Waals surface area contributed by atoms with Gasteiger partial charge < -0.3 is 14.5 Å². The van der Waals surface area contributed by atoms with Gasteiger partial charge in [0.1, 0.15) is 0 Å². The number of aliphatic hydroxyl groups is 1. The predicted molar refractivity (Wildman–Crippen MR) is 47.4 cm³/mol. The van der Waals surface area contributed by atoms with Crippen molar-refractivity contribution in [3.63, 3.8) is 0 Å². The van der Waals surface area contributed by atoms with Crippen LogP contribution in [0.1, 0.15) is 11.8 Å². The minimum atomic E-state index is -1.12. The normalized spacial score (nSPS) is 13.2. The number of hydrogen-bond acceptors (Lipinski definition) is 4. The minimum absolute atomic E-state index is 0.399. The first kappa shape index (κ1) is 8.76. The van der Waals surface area contributed by atoms with Crippen molar-refractivity contribution in [2.24, 2.45) is 0 Å². The molecule has 2 aromatic rings. The third-order valence-corrected chi connectivity index (χ3v) is 1.94. The zero-order valence-corrected chi connectivity index (χ0v) is 7.14. The average molecular weight is 196 g/mol. The largest absolute Gasteiger partial charge is 0.463 e. The molecule has 74 valence electrons. The number of nitrogens with one attached hydrogen (secondary N) is 1. The molecule has 0 aliphatic rings. The van der Waals surface area contributed by atoms with Crippen LogP contribution in [0.3, 0.4) is 0 Å². The fraction of sp³-hybridized carbons (Fsp3) is 0.250. The Labute approximate surface area is 78.3 Å². The third kappa shape index (κ3) is 1.47. The van der Waals surface area contributed by atoms with Gasteiger partial charge in [-0.25, -0.2) is 0 Å². The lowest BCUT2D eigenvalue weighted by Crippen LogP contribution is -2.11. The van der Waals surface area contributed by atoms with Crippen LogP contribution >= 0.6 is 0 Å². The van der Waals surface area contributed by atoms with E-state index in [-0.39, 0.29) is 0 Å². The van der Waals surface area contributed by atoms with Gasteiger partial charge in [0.15, 0.2) is 11.7 Å². The molecule has 6 nitrogen and oxygen atoms in total. The number of aliphatic hydroxyl groups excluding tert-OH is 1. The summed E-state index contributed by atoms with van der Waals surface area (Å²) in [7, 11) is 0. The maximum absolute atomic E-state index is 10.1. The molecule has 6 heteroatoms. The van der Waals surface area contributed by atoms with Crippen LogP contribution in [0, 0.1) is 10.1 Å². The van der Waals surface area contributed by atoms with Crippen LogP contribution in [-0.4, -0.2) is 21.6 Å². The van der Waals surface area contributed by atoms with Crippen molar-refractivity contribution in [2.45, 2.75) is 6.10 Å². The van der Waals surface area contributed by atoms with E-state index in [1.807, 2.05) is 0 Å². The Morgan fingerprint density at radius 1 is 1.71 bits per heavy atom. The van der Waals surface area contributed by atoms with E-state index >= 15 is 0 Å². The molecule has 0 spiro atoms. The van der Waals surface area contributed by atoms with Crippen LogP contribution in [0.4, 0.5) is 0 Å². The number of aromatic amines is 1. The second-order valence-corrected chi connectivity index (χ2v) is 2.95. The number of fused-ring (bicyclic) bond motifs is 1. The van der Waals surface area contributed by atoms with Crippen molar-refractivity contribution in [3.05, 3.63) is 34.2 Å². The Balaban J connectivity index is 2.25. The van der Waals surface area contributed by atoms with Crippen molar-refractivity contribution >= 4 is 11.1 Å². The van der Waals surface area contributed by atoms with Gasteiger partial charge in [0.25, 0.3) is 0 Å². The summed E-state index contributed by atoms with van der Waals surface area (Å²) in [5, 5.41) is 19.5. The summed E-state index contributed by atoms with van der Waals surface area (Å²) < 4.78 is 5.04. The van der Waals surface area contributed by atoms with E-state index in [9.17, 15) is 15.2 Å². The van der Waals surface area contributed by atoms with E-state index in [1.165, 1.54) is 6.26 Å². The van der Waals surface area contributed by atoms with Gasteiger partial charge in [-0.1, -0.05) is 0 Å². The van der Waals surface area contributed by atoms with Crippen molar-refractivity contribution in [1.82, 2.24) is 4.98 Å². The first-order valence-electron chi connectivity index (χ1n) is 4.03. The van der Waals surface area contributed by atoms with Crippen molar-refractivity contribution in [1.29, 1.82) is 0 Å². The minimum Gasteiger partial charge on any atom is -0.463 e. The summed E-state index contributed by atoms with van der Waals surface area (Å²) in [6, 6.07) is 3.25. The summed E-state index contributed by atoms with van der Waals surface area (Å²) in [4.78, 5) is 12.4. The highest BCUT2D eigenvalue weighted by atomic mass is 16.6. The monoisotopic (exact) mass is 196 g/mol. The van der Waals surface area contributed by atoms with Gasteiger partial charge in [-0.05, 0) is 0 Å². The number of hydrogen-bond donors (Lipinski definition) is 2. The van der Waals surface area contributed by atoms with Crippen LogP contribution in [0.2, 0.25) is 0 Å². The van der Waals surface area contributed by atoms with Crippen LogP contribution in [-0.2, 0) is 0 Å². The van der Waals surface area contributed by atoms with Gasteiger partial charge in [-0.3, -0.25) is 10.1 Å². The zero-order valence-electron chi connectivity index (χ0n) is 7.14. The highest BCUT2D eigenvalue weighted by molar-refractivity contribution is 5.74. The first-order chi connectivity index (χ1) is 6.66. The van der Waals surface area contributed by atoms with Gasteiger partial charge >= 0.3 is 0 Å². The first-order valence-corrected chi connectivity index (χ1v) is 4.03. The van der Waals surface area contributed by atoms with E-state index in [1.54, 1.807) is 12.1 Å². The van der Waals surface area contributed by atoms with E-state index < -0.39 is 17.6 Å². The molecular weight excluding hydrogens is 188 g/mol. The number of rotatable bonds is 3. The molecule has 0 aromatic carbocycles. The van der Waals surface area contributed by atoms with E-state index in [4.69, 9.17) is 4.42 Å². The molecular formula is C8H8N2O4. The third-order valence-electron chi connectivity index (χ3n) is 1.94. The van der Waals surface area contributed by atoms with E-state index in [0.717, 1.165) is 5.52 Å². The summed E-state index contributed by atoms with van der Waals surface area (Å²) in [6.45, 7) is -0.511. The SMILES string of the molecule is O=[N+]([O-])CC(O)c1cc2occc2[nH]1. The quantitative estimate of drug-likeness (QED) is 0.567. The molecule has 0 saturated heterocycles. The summed E-state index contributed by atoms with van der Waals surface area (Å²) in [5.74, 6) is 0. The lowest BCUT2D eigenvalue weighted by Gasteiger charge is -2.01. The Bertz CT molecular complexity index is 430. The molecule has 0 amide bonds. The van der Waals surface area contributed by atoms with Crippen molar-refractivity contribution < 1.29 is 14.4 Å². The standard InChI is InChI=1S/C8H8N2O4/c11-7(4-10(12)13)6-3-8-5(9-6)1-2-14-8/h1-3,7,9,11H,4H2. The maximum Gasteiger partial charge on any atom is 0.235 e. The summed E-state index contributed by atoms with van der Waals surface area (Å²) >= 11 is 0. The topological polar surface area (TPSA) is 92.3 Å². The maximum atomic E-state index is 10.1. The smallest absolute Gasteiger partial charge is 0.235 e. The fourth-order valence-corrected chi connectivity index (χ4v) is 1.29. The molecule has 1 atom stereocenters. The molecule has 0 aliphatic carbocycles. The Kier molecular flexibility index (Phi) is 1.97. The number of nitro groups is 1. The molecule has 1 unspecified atom stereocenters. The lowest BCUT2D eigenvalue weighted by atomic mass is 10.2.